The monoisotopic (exact) mass is 283 g/mol. The topological polar surface area (TPSA) is 39.2 Å². The van der Waals surface area contributed by atoms with E-state index in [0.29, 0.717) is 10.2 Å². The first kappa shape index (κ1) is 11.6. The van der Waals surface area contributed by atoms with Crippen molar-refractivity contribution >= 4 is 21.9 Å². The zero-order chi connectivity index (χ0) is 11.4. The van der Waals surface area contributed by atoms with Gasteiger partial charge >= 0.3 is 5.97 Å². The fraction of sp³-hybridized carbons (Fsp3) is 0.500. The van der Waals surface area contributed by atoms with Crippen LogP contribution in [0.2, 0.25) is 0 Å². The van der Waals surface area contributed by atoms with Gasteiger partial charge in [0.05, 0.1) is 5.56 Å². The molecule has 16 heavy (non-hydrogen) atoms. The van der Waals surface area contributed by atoms with Gasteiger partial charge in [0.2, 0.25) is 0 Å². The molecule has 4 heteroatoms. The van der Waals surface area contributed by atoms with Gasteiger partial charge in [-0.25, -0.2) is 9.78 Å². The van der Waals surface area contributed by atoms with Gasteiger partial charge in [-0.15, -0.1) is 0 Å². The second kappa shape index (κ2) is 5.43. The largest absolute Gasteiger partial charge is 0.459 e. The SMILES string of the molecule is O=C(OC1CCCCC1)c1cccnc1Br. The highest BCUT2D eigenvalue weighted by molar-refractivity contribution is 9.10. The van der Waals surface area contributed by atoms with E-state index in [1.807, 2.05) is 0 Å². The minimum atomic E-state index is -0.271. The van der Waals surface area contributed by atoms with Crippen LogP contribution >= 0.6 is 15.9 Å². The molecule has 0 aliphatic heterocycles. The van der Waals surface area contributed by atoms with E-state index in [1.165, 1.54) is 6.42 Å². The zero-order valence-electron chi connectivity index (χ0n) is 8.99. The van der Waals surface area contributed by atoms with Gasteiger partial charge in [0.25, 0.3) is 0 Å². The fourth-order valence-electron chi connectivity index (χ4n) is 1.94. The Morgan fingerprint density at radius 1 is 1.38 bits per heavy atom. The van der Waals surface area contributed by atoms with Gasteiger partial charge in [-0.1, -0.05) is 6.42 Å². The van der Waals surface area contributed by atoms with E-state index in [9.17, 15) is 4.79 Å². The summed E-state index contributed by atoms with van der Waals surface area (Å²) in [5.41, 5.74) is 0.507. The van der Waals surface area contributed by atoms with E-state index in [2.05, 4.69) is 20.9 Å². The Labute approximate surface area is 103 Å². The molecule has 0 aromatic carbocycles. The standard InChI is InChI=1S/C12H14BrNO2/c13-11-10(7-4-8-14-11)12(15)16-9-5-2-1-3-6-9/h4,7-9H,1-3,5-6H2. The third kappa shape index (κ3) is 2.82. The van der Waals surface area contributed by atoms with Crippen molar-refractivity contribution in [3.05, 3.63) is 28.5 Å². The molecule has 0 atom stereocenters. The Morgan fingerprint density at radius 2 is 2.12 bits per heavy atom. The number of carbonyl (C=O) groups is 1. The van der Waals surface area contributed by atoms with Crippen LogP contribution in [-0.4, -0.2) is 17.1 Å². The Morgan fingerprint density at radius 3 is 2.81 bits per heavy atom. The number of hydrogen-bond acceptors (Lipinski definition) is 3. The van der Waals surface area contributed by atoms with Crippen molar-refractivity contribution in [3.63, 3.8) is 0 Å². The predicted molar refractivity (Wildman–Crippen MR) is 64.2 cm³/mol. The number of carbonyl (C=O) groups excluding carboxylic acids is 1. The first-order chi connectivity index (χ1) is 7.77. The summed E-state index contributed by atoms with van der Waals surface area (Å²) in [6, 6.07) is 3.46. The molecule has 0 spiro atoms. The second-order valence-electron chi connectivity index (χ2n) is 4.01. The predicted octanol–water partition coefficient (Wildman–Crippen LogP) is 3.33. The number of nitrogens with zero attached hydrogens (tertiary/aromatic N) is 1. The van der Waals surface area contributed by atoms with Crippen molar-refractivity contribution in [3.8, 4) is 0 Å². The second-order valence-corrected chi connectivity index (χ2v) is 4.76. The lowest BCUT2D eigenvalue weighted by Gasteiger charge is -2.21. The summed E-state index contributed by atoms with van der Waals surface area (Å²) in [4.78, 5) is 15.9. The van der Waals surface area contributed by atoms with E-state index in [1.54, 1.807) is 18.3 Å². The summed E-state index contributed by atoms with van der Waals surface area (Å²) < 4.78 is 6.00. The number of esters is 1. The van der Waals surface area contributed by atoms with Gasteiger partial charge in [0.1, 0.15) is 10.7 Å². The van der Waals surface area contributed by atoms with Crippen LogP contribution in [0.25, 0.3) is 0 Å². The number of ether oxygens (including phenoxy) is 1. The number of halogens is 1. The Hall–Kier alpha value is -0.900. The minimum absolute atomic E-state index is 0.0911. The molecule has 1 aromatic heterocycles. The van der Waals surface area contributed by atoms with Crippen molar-refractivity contribution in [2.45, 2.75) is 38.2 Å². The van der Waals surface area contributed by atoms with Gasteiger partial charge in [-0.2, -0.15) is 0 Å². The number of pyridine rings is 1. The molecule has 3 nitrogen and oxygen atoms in total. The highest BCUT2D eigenvalue weighted by atomic mass is 79.9. The molecule has 0 bridgehead atoms. The average molecular weight is 284 g/mol. The van der Waals surface area contributed by atoms with Crippen LogP contribution in [0.4, 0.5) is 0 Å². The van der Waals surface area contributed by atoms with Crippen LogP contribution in [0.3, 0.4) is 0 Å². The van der Waals surface area contributed by atoms with Crippen LogP contribution in [0, 0.1) is 0 Å². The minimum Gasteiger partial charge on any atom is -0.459 e. The summed E-state index contributed by atoms with van der Waals surface area (Å²) >= 11 is 3.25. The summed E-state index contributed by atoms with van der Waals surface area (Å²) in [5.74, 6) is -0.271. The summed E-state index contributed by atoms with van der Waals surface area (Å²) in [6.45, 7) is 0. The molecule has 2 rings (SSSR count). The van der Waals surface area contributed by atoms with Gasteiger partial charge in [-0.3, -0.25) is 0 Å². The van der Waals surface area contributed by atoms with Crippen LogP contribution in [0.15, 0.2) is 22.9 Å². The lowest BCUT2D eigenvalue weighted by Crippen LogP contribution is -2.21. The molecule has 0 amide bonds. The van der Waals surface area contributed by atoms with Crippen LogP contribution in [0.5, 0.6) is 0 Å². The molecule has 0 N–H and O–H groups in total. The van der Waals surface area contributed by atoms with E-state index < -0.39 is 0 Å². The maximum Gasteiger partial charge on any atom is 0.341 e. The van der Waals surface area contributed by atoms with Crippen molar-refractivity contribution < 1.29 is 9.53 Å². The molecule has 0 unspecified atom stereocenters. The van der Waals surface area contributed by atoms with E-state index in [4.69, 9.17) is 4.74 Å². The fourth-order valence-corrected chi connectivity index (χ4v) is 2.35. The molecule has 1 aliphatic rings. The molecule has 1 aromatic rings. The molecule has 1 fully saturated rings. The van der Waals surface area contributed by atoms with E-state index in [-0.39, 0.29) is 12.1 Å². The van der Waals surface area contributed by atoms with E-state index in [0.717, 1.165) is 25.7 Å². The smallest absolute Gasteiger partial charge is 0.341 e. The Bertz CT molecular complexity index is 375. The molecular formula is C12H14BrNO2. The lowest BCUT2D eigenvalue weighted by atomic mass is 9.98. The number of rotatable bonds is 2. The normalized spacial score (nSPS) is 17.1. The first-order valence-electron chi connectivity index (χ1n) is 5.59. The molecule has 86 valence electrons. The van der Waals surface area contributed by atoms with Crippen molar-refractivity contribution in [1.82, 2.24) is 4.98 Å². The first-order valence-corrected chi connectivity index (χ1v) is 6.38. The van der Waals surface area contributed by atoms with Crippen LogP contribution in [-0.2, 0) is 4.74 Å². The number of hydrogen-bond donors (Lipinski definition) is 0. The third-order valence-electron chi connectivity index (χ3n) is 2.80. The lowest BCUT2D eigenvalue weighted by molar-refractivity contribution is 0.0209. The highest BCUT2D eigenvalue weighted by Crippen LogP contribution is 2.22. The Balaban J connectivity index is 2.00. The van der Waals surface area contributed by atoms with Crippen molar-refractivity contribution in [2.24, 2.45) is 0 Å². The van der Waals surface area contributed by atoms with Gasteiger partial charge < -0.3 is 4.74 Å². The van der Waals surface area contributed by atoms with Crippen LogP contribution < -0.4 is 0 Å². The summed E-state index contributed by atoms with van der Waals surface area (Å²) in [5, 5.41) is 0. The zero-order valence-corrected chi connectivity index (χ0v) is 10.6. The average Bonchev–Trinajstić information content (AvgIpc) is 2.31. The molecule has 0 saturated heterocycles. The summed E-state index contributed by atoms with van der Waals surface area (Å²) in [6.07, 6.45) is 7.28. The van der Waals surface area contributed by atoms with E-state index >= 15 is 0 Å². The Kier molecular flexibility index (Phi) is 3.93. The molecule has 1 heterocycles. The third-order valence-corrected chi connectivity index (χ3v) is 3.44. The van der Waals surface area contributed by atoms with Gasteiger partial charge in [0, 0.05) is 6.20 Å². The van der Waals surface area contributed by atoms with Crippen molar-refractivity contribution in [1.29, 1.82) is 0 Å². The molecule has 0 radical (unpaired) electrons. The van der Waals surface area contributed by atoms with Gasteiger partial charge in [0.15, 0.2) is 0 Å². The quantitative estimate of drug-likeness (QED) is 0.617. The maximum atomic E-state index is 11.8. The van der Waals surface area contributed by atoms with Gasteiger partial charge in [-0.05, 0) is 53.7 Å². The molecule has 1 aliphatic carbocycles. The maximum absolute atomic E-state index is 11.8. The molecule has 1 saturated carbocycles. The van der Waals surface area contributed by atoms with Crippen molar-refractivity contribution in [2.75, 3.05) is 0 Å². The highest BCUT2D eigenvalue weighted by Gasteiger charge is 2.20. The summed E-state index contributed by atoms with van der Waals surface area (Å²) in [7, 11) is 0. The molecular weight excluding hydrogens is 270 g/mol. The number of aromatic nitrogens is 1. The van der Waals surface area contributed by atoms with Crippen LogP contribution in [0.1, 0.15) is 42.5 Å².